The van der Waals surface area contributed by atoms with E-state index in [1.54, 1.807) is 26.1 Å². The summed E-state index contributed by atoms with van der Waals surface area (Å²) in [5.41, 5.74) is 3.08. The highest BCUT2D eigenvalue weighted by molar-refractivity contribution is 5.94. The summed E-state index contributed by atoms with van der Waals surface area (Å²) in [5.74, 6) is 1.83. The number of piperazine rings is 1. The van der Waals surface area contributed by atoms with Crippen molar-refractivity contribution in [2.45, 2.75) is 6.42 Å². The average Bonchev–Trinajstić information content (AvgIpc) is 2.82. The molecule has 2 aromatic rings. The highest BCUT2D eigenvalue weighted by atomic mass is 16.5. The van der Waals surface area contributed by atoms with Crippen molar-refractivity contribution in [2.24, 2.45) is 4.99 Å². The van der Waals surface area contributed by atoms with E-state index in [0.717, 1.165) is 62.0 Å². The first-order valence-corrected chi connectivity index (χ1v) is 10.7. The van der Waals surface area contributed by atoms with Gasteiger partial charge in [0.05, 0.1) is 7.11 Å². The number of ether oxygens (including phenoxy) is 1. The van der Waals surface area contributed by atoms with Gasteiger partial charge < -0.3 is 24.8 Å². The van der Waals surface area contributed by atoms with Crippen molar-refractivity contribution in [3.8, 4) is 5.75 Å². The van der Waals surface area contributed by atoms with Gasteiger partial charge in [0.15, 0.2) is 5.96 Å². The number of nitrogens with one attached hydrogen (secondary N) is 1. The molecule has 0 aromatic heterocycles. The SMILES string of the molecule is CN=C(NCCc1cccc(C(=O)N(C)C)c1)N1CCN(c2ccc(OC)cc2)CC1. The topological polar surface area (TPSA) is 60.4 Å². The van der Waals surface area contributed by atoms with E-state index in [1.807, 2.05) is 37.4 Å². The number of anilines is 1. The lowest BCUT2D eigenvalue weighted by atomic mass is 10.1. The van der Waals surface area contributed by atoms with E-state index in [2.05, 4.69) is 38.3 Å². The molecule has 1 saturated heterocycles. The van der Waals surface area contributed by atoms with Crippen molar-refractivity contribution in [2.75, 3.05) is 65.9 Å². The molecule has 0 aliphatic carbocycles. The van der Waals surface area contributed by atoms with Crippen molar-refractivity contribution in [3.63, 3.8) is 0 Å². The summed E-state index contributed by atoms with van der Waals surface area (Å²) in [5, 5.41) is 3.47. The Hall–Kier alpha value is -3.22. The molecule has 1 heterocycles. The second-order valence-electron chi connectivity index (χ2n) is 7.80. The number of rotatable bonds is 6. The predicted molar refractivity (Wildman–Crippen MR) is 126 cm³/mol. The van der Waals surface area contributed by atoms with Crippen LogP contribution in [0.2, 0.25) is 0 Å². The van der Waals surface area contributed by atoms with Gasteiger partial charge in [-0.25, -0.2) is 0 Å². The lowest BCUT2D eigenvalue weighted by molar-refractivity contribution is 0.0827. The second-order valence-corrected chi connectivity index (χ2v) is 7.80. The molecular weight excluding hydrogens is 390 g/mol. The standard InChI is InChI=1S/C24H33N5O2/c1-25-24(26-13-12-19-6-5-7-20(18-19)23(30)27(2)3)29-16-14-28(15-17-29)21-8-10-22(31-4)11-9-21/h5-11,18H,12-17H2,1-4H3,(H,25,26). The van der Waals surface area contributed by atoms with Crippen molar-refractivity contribution in [3.05, 3.63) is 59.7 Å². The zero-order valence-electron chi connectivity index (χ0n) is 19.0. The van der Waals surface area contributed by atoms with Crippen LogP contribution in [0.5, 0.6) is 5.75 Å². The maximum absolute atomic E-state index is 12.2. The first kappa shape index (κ1) is 22.5. The van der Waals surface area contributed by atoms with Crippen LogP contribution in [0.15, 0.2) is 53.5 Å². The van der Waals surface area contributed by atoms with Gasteiger partial charge in [0, 0.05) is 65.1 Å². The molecule has 1 fully saturated rings. The molecule has 1 aliphatic heterocycles. The van der Waals surface area contributed by atoms with E-state index in [-0.39, 0.29) is 5.91 Å². The number of carbonyl (C=O) groups excluding carboxylic acids is 1. The number of amides is 1. The number of carbonyl (C=O) groups is 1. The summed E-state index contributed by atoms with van der Waals surface area (Å²) in [6.45, 7) is 4.49. The van der Waals surface area contributed by atoms with E-state index in [4.69, 9.17) is 4.74 Å². The van der Waals surface area contributed by atoms with Crippen LogP contribution in [-0.4, -0.2) is 82.6 Å². The molecule has 1 amide bonds. The Kier molecular flexibility index (Phi) is 7.76. The molecule has 0 unspecified atom stereocenters. The summed E-state index contributed by atoms with van der Waals surface area (Å²) in [4.78, 5) is 22.9. The third-order valence-electron chi connectivity index (χ3n) is 5.51. The Bertz CT molecular complexity index is 887. The van der Waals surface area contributed by atoms with E-state index < -0.39 is 0 Å². The van der Waals surface area contributed by atoms with Gasteiger partial charge in [0.2, 0.25) is 0 Å². The fourth-order valence-corrected chi connectivity index (χ4v) is 3.74. The minimum absolute atomic E-state index is 0.0281. The van der Waals surface area contributed by atoms with Gasteiger partial charge in [-0.05, 0) is 48.4 Å². The maximum Gasteiger partial charge on any atom is 0.253 e. The molecule has 0 spiro atoms. The summed E-state index contributed by atoms with van der Waals surface area (Å²) in [6.07, 6.45) is 0.833. The molecule has 7 nitrogen and oxygen atoms in total. The zero-order valence-corrected chi connectivity index (χ0v) is 19.0. The predicted octanol–water partition coefficient (Wildman–Crippen LogP) is 2.34. The molecule has 166 valence electrons. The van der Waals surface area contributed by atoms with Gasteiger partial charge in [-0.1, -0.05) is 12.1 Å². The van der Waals surface area contributed by atoms with E-state index in [1.165, 1.54) is 5.69 Å². The van der Waals surface area contributed by atoms with Crippen LogP contribution >= 0.6 is 0 Å². The average molecular weight is 424 g/mol. The minimum atomic E-state index is 0.0281. The summed E-state index contributed by atoms with van der Waals surface area (Å²) in [6, 6.07) is 16.1. The van der Waals surface area contributed by atoms with Crippen LogP contribution in [0.1, 0.15) is 15.9 Å². The lowest BCUT2D eigenvalue weighted by Gasteiger charge is -2.37. The van der Waals surface area contributed by atoms with Gasteiger partial charge in [0.1, 0.15) is 5.75 Å². The minimum Gasteiger partial charge on any atom is -0.497 e. The molecule has 7 heteroatoms. The molecule has 31 heavy (non-hydrogen) atoms. The summed E-state index contributed by atoms with van der Waals surface area (Å²) >= 11 is 0. The van der Waals surface area contributed by atoms with Crippen LogP contribution in [0.25, 0.3) is 0 Å². The zero-order chi connectivity index (χ0) is 22.2. The Balaban J connectivity index is 1.49. The van der Waals surface area contributed by atoms with Crippen LogP contribution < -0.4 is 15.0 Å². The lowest BCUT2D eigenvalue weighted by Crippen LogP contribution is -2.52. The molecule has 1 N–H and O–H groups in total. The van der Waals surface area contributed by atoms with Crippen molar-refractivity contribution >= 4 is 17.6 Å². The molecule has 2 aromatic carbocycles. The van der Waals surface area contributed by atoms with Gasteiger partial charge in [-0.15, -0.1) is 0 Å². The number of methoxy groups -OCH3 is 1. The molecule has 0 saturated carbocycles. The number of nitrogens with zero attached hydrogens (tertiary/aromatic N) is 4. The second kappa shape index (κ2) is 10.7. The van der Waals surface area contributed by atoms with Crippen molar-refractivity contribution in [1.82, 2.24) is 15.1 Å². The fourth-order valence-electron chi connectivity index (χ4n) is 3.74. The third kappa shape index (κ3) is 5.90. The summed E-state index contributed by atoms with van der Waals surface area (Å²) in [7, 11) is 7.06. The highest BCUT2D eigenvalue weighted by Crippen LogP contribution is 2.20. The smallest absolute Gasteiger partial charge is 0.253 e. The Morgan fingerprint density at radius 3 is 2.42 bits per heavy atom. The summed E-state index contributed by atoms with van der Waals surface area (Å²) < 4.78 is 5.25. The quantitative estimate of drug-likeness (QED) is 0.571. The first-order chi connectivity index (χ1) is 15.0. The Labute approximate surface area is 185 Å². The van der Waals surface area contributed by atoms with Gasteiger partial charge in [-0.2, -0.15) is 0 Å². The fraction of sp³-hybridized carbons (Fsp3) is 0.417. The number of hydrogen-bond acceptors (Lipinski definition) is 4. The number of hydrogen-bond donors (Lipinski definition) is 1. The van der Waals surface area contributed by atoms with Crippen molar-refractivity contribution in [1.29, 1.82) is 0 Å². The number of aliphatic imine (C=N–C) groups is 1. The van der Waals surface area contributed by atoms with Crippen LogP contribution in [-0.2, 0) is 6.42 Å². The third-order valence-corrected chi connectivity index (χ3v) is 5.51. The molecule has 3 rings (SSSR count). The van der Waals surface area contributed by atoms with Crippen LogP contribution in [0.3, 0.4) is 0 Å². The van der Waals surface area contributed by atoms with Crippen LogP contribution in [0.4, 0.5) is 5.69 Å². The first-order valence-electron chi connectivity index (χ1n) is 10.7. The largest absolute Gasteiger partial charge is 0.497 e. The molecule has 1 aliphatic rings. The van der Waals surface area contributed by atoms with Gasteiger partial charge in [-0.3, -0.25) is 9.79 Å². The number of benzene rings is 2. The van der Waals surface area contributed by atoms with Crippen LogP contribution in [0, 0.1) is 0 Å². The van der Waals surface area contributed by atoms with E-state index in [9.17, 15) is 4.79 Å². The van der Waals surface area contributed by atoms with E-state index in [0.29, 0.717) is 0 Å². The van der Waals surface area contributed by atoms with Gasteiger partial charge >= 0.3 is 0 Å². The normalized spacial score (nSPS) is 14.4. The Morgan fingerprint density at radius 2 is 1.81 bits per heavy atom. The molecule has 0 atom stereocenters. The monoisotopic (exact) mass is 423 g/mol. The molecule has 0 bridgehead atoms. The van der Waals surface area contributed by atoms with E-state index >= 15 is 0 Å². The van der Waals surface area contributed by atoms with Crippen molar-refractivity contribution < 1.29 is 9.53 Å². The maximum atomic E-state index is 12.2. The molecular formula is C24H33N5O2. The molecule has 0 radical (unpaired) electrons. The van der Waals surface area contributed by atoms with Gasteiger partial charge in [0.25, 0.3) is 5.91 Å². The number of guanidine groups is 1. The Morgan fingerprint density at radius 1 is 1.10 bits per heavy atom. The highest BCUT2D eigenvalue weighted by Gasteiger charge is 2.19.